The van der Waals surface area contributed by atoms with Crippen LogP contribution in [0.4, 0.5) is 5.82 Å². The molecule has 0 amide bonds. The third kappa shape index (κ3) is 3.52. The van der Waals surface area contributed by atoms with E-state index in [9.17, 15) is 9.90 Å². The smallest absolute Gasteiger partial charge is 0.339 e. The van der Waals surface area contributed by atoms with Crippen molar-refractivity contribution in [2.75, 3.05) is 11.9 Å². The lowest BCUT2D eigenvalue weighted by Crippen LogP contribution is -2.28. The molecule has 20 heavy (non-hydrogen) atoms. The van der Waals surface area contributed by atoms with Gasteiger partial charge < -0.3 is 15.5 Å². The molecule has 1 aromatic heterocycles. The molecular weight excluding hydrogens is 258 g/mol. The number of hydrogen-bond acceptors (Lipinski definition) is 5. The number of anilines is 1. The molecule has 1 atom stereocenters. The van der Waals surface area contributed by atoms with Gasteiger partial charge in [0.25, 0.3) is 0 Å². The highest BCUT2D eigenvalue weighted by molar-refractivity contribution is 5.92. The Balaban J connectivity index is 2.13. The van der Waals surface area contributed by atoms with Crippen molar-refractivity contribution < 1.29 is 15.0 Å². The van der Waals surface area contributed by atoms with Gasteiger partial charge in [0, 0.05) is 0 Å². The Bertz CT molecular complexity index is 575. The van der Waals surface area contributed by atoms with Crippen LogP contribution in [0, 0.1) is 0 Å². The van der Waals surface area contributed by atoms with E-state index in [0.717, 1.165) is 5.56 Å². The number of aliphatic hydroxyl groups is 1. The van der Waals surface area contributed by atoms with Crippen molar-refractivity contribution >= 4 is 11.8 Å². The molecule has 0 aliphatic heterocycles. The van der Waals surface area contributed by atoms with E-state index >= 15 is 0 Å². The number of carbonyl (C=O) groups is 1. The van der Waals surface area contributed by atoms with Gasteiger partial charge >= 0.3 is 5.97 Å². The van der Waals surface area contributed by atoms with Crippen molar-refractivity contribution in [1.29, 1.82) is 0 Å². The van der Waals surface area contributed by atoms with Crippen molar-refractivity contribution in [1.82, 2.24) is 10.2 Å². The first-order chi connectivity index (χ1) is 9.70. The minimum absolute atomic E-state index is 0.0338. The monoisotopic (exact) mass is 273 g/mol. The first-order valence-corrected chi connectivity index (χ1v) is 6.17. The molecule has 6 heteroatoms. The molecule has 0 aliphatic carbocycles. The minimum atomic E-state index is -1.08. The molecule has 104 valence electrons. The summed E-state index contributed by atoms with van der Waals surface area (Å²) in [4.78, 5) is 11.1. The Hall–Kier alpha value is -2.47. The van der Waals surface area contributed by atoms with Crippen LogP contribution in [0.5, 0.6) is 0 Å². The molecular formula is C14H15N3O3. The summed E-state index contributed by atoms with van der Waals surface area (Å²) in [6.45, 7) is -0.134. The highest BCUT2D eigenvalue weighted by Crippen LogP contribution is 2.13. The fourth-order valence-electron chi connectivity index (χ4n) is 1.86. The minimum Gasteiger partial charge on any atom is -0.478 e. The fraction of sp³-hybridized carbons (Fsp3) is 0.214. The molecule has 0 aliphatic rings. The number of carboxylic acids is 1. The van der Waals surface area contributed by atoms with Crippen LogP contribution in [0.3, 0.4) is 0 Å². The zero-order chi connectivity index (χ0) is 14.4. The summed E-state index contributed by atoms with van der Waals surface area (Å²) in [7, 11) is 0. The highest BCUT2D eigenvalue weighted by Gasteiger charge is 2.15. The van der Waals surface area contributed by atoms with E-state index < -0.39 is 5.97 Å². The van der Waals surface area contributed by atoms with Gasteiger partial charge in [-0.05, 0) is 18.1 Å². The number of benzene rings is 1. The molecule has 1 unspecified atom stereocenters. The molecule has 0 saturated heterocycles. The lowest BCUT2D eigenvalue weighted by molar-refractivity contribution is 0.0697. The first-order valence-electron chi connectivity index (χ1n) is 6.17. The van der Waals surface area contributed by atoms with Gasteiger partial charge in [-0.25, -0.2) is 4.79 Å². The van der Waals surface area contributed by atoms with Gasteiger partial charge in [-0.15, -0.1) is 5.10 Å². The number of rotatable bonds is 6. The van der Waals surface area contributed by atoms with Gasteiger partial charge in [-0.2, -0.15) is 5.10 Å². The second-order valence-electron chi connectivity index (χ2n) is 4.31. The van der Waals surface area contributed by atoms with E-state index in [0.29, 0.717) is 6.42 Å². The fourth-order valence-corrected chi connectivity index (χ4v) is 1.86. The number of nitrogens with zero attached hydrogens (tertiary/aromatic N) is 2. The topological polar surface area (TPSA) is 95.3 Å². The third-order valence-electron chi connectivity index (χ3n) is 2.84. The average Bonchev–Trinajstić information content (AvgIpc) is 2.48. The van der Waals surface area contributed by atoms with E-state index in [1.807, 2.05) is 30.3 Å². The van der Waals surface area contributed by atoms with Crippen molar-refractivity contribution in [3.63, 3.8) is 0 Å². The number of nitrogens with one attached hydrogen (secondary N) is 1. The van der Waals surface area contributed by atoms with E-state index in [4.69, 9.17) is 5.11 Å². The molecule has 0 bridgehead atoms. The van der Waals surface area contributed by atoms with Gasteiger partial charge in [0.15, 0.2) is 5.82 Å². The Labute approximate surface area is 116 Å². The Morgan fingerprint density at radius 2 is 2.00 bits per heavy atom. The molecule has 3 N–H and O–H groups in total. The SMILES string of the molecule is O=C(O)c1ccnnc1NC(CO)Cc1ccccc1. The van der Waals surface area contributed by atoms with Gasteiger partial charge in [-0.3, -0.25) is 0 Å². The molecule has 1 aromatic carbocycles. The van der Waals surface area contributed by atoms with Crippen LogP contribution in [-0.4, -0.2) is 39.0 Å². The normalized spacial score (nSPS) is 11.8. The summed E-state index contributed by atoms with van der Waals surface area (Å²) in [6.07, 6.45) is 1.88. The summed E-state index contributed by atoms with van der Waals surface area (Å²) >= 11 is 0. The van der Waals surface area contributed by atoms with E-state index in [-0.39, 0.29) is 24.0 Å². The van der Waals surface area contributed by atoms with Gasteiger partial charge in [0.2, 0.25) is 0 Å². The molecule has 0 spiro atoms. The van der Waals surface area contributed by atoms with Gasteiger partial charge in [-0.1, -0.05) is 30.3 Å². The summed E-state index contributed by atoms with van der Waals surface area (Å²) in [5.41, 5.74) is 1.08. The van der Waals surface area contributed by atoms with Crippen LogP contribution in [0.2, 0.25) is 0 Å². The molecule has 2 aromatic rings. The lowest BCUT2D eigenvalue weighted by atomic mass is 10.1. The van der Waals surface area contributed by atoms with Crippen LogP contribution in [-0.2, 0) is 6.42 Å². The van der Waals surface area contributed by atoms with Crippen molar-refractivity contribution in [2.45, 2.75) is 12.5 Å². The second kappa shape index (κ2) is 6.63. The Kier molecular flexibility index (Phi) is 4.62. The third-order valence-corrected chi connectivity index (χ3v) is 2.84. The van der Waals surface area contributed by atoms with Crippen LogP contribution in [0.15, 0.2) is 42.6 Å². The van der Waals surface area contributed by atoms with Crippen LogP contribution >= 0.6 is 0 Å². The number of carboxylic acid groups (broad SMARTS) is 1. The molecule has 2 rings (SSSR count). The molecule has 0 fully saturated rings. The molecule has 0 radical (unpaired) electrons. The average molecular weight is 273 g/mol. The van der Waals surface area contributed by atoms with E-state index in [2.05, 4.69) is 15.5 Å². The van der Waals surface area contributed by atoms with Crippen molar-refractivity contribution in [3.05, 3.63) is 53.7 Å². The summed E-state index contributed by atoms with van der Waals surface area (Å²) in [5, 5.41) is 28.9. The van der Waals surface area contributed by atoms with Crippen LogP contribution in [0.1, 0.15) is 15.9 Å². The zero-order valence-corrected chi connectivity index (χ0v) is 10.7. The second-order valence-corrected chi connectivity index (χ2v) is 4.31. The van der Waals surface area contributed by atoms with Gasteiger partial charge in [0.1, 0.15) is 5.56 Å². The molecule has 0 saturated carbocycles. The summed E-state index contributed by atoms with van der Waals surface area (Å²) < 4.78 is 0. The largest absolute Gasteiger partial charge is 0.478 e. The number of aliphatic hydroxyl groups excluding tert-OH is 1. The highest BCUT2D eigenvalue weighted by atomic mass is 16.4. The predicted molar refractivity (Wildman–Crippen MR) is 73.6 cm³/mol. The van der Waals surface area contributed by atoms with E-state index in [1.54, 1.807) is 0 Å². The van der Waals surface area contributed by atoms with Crippen molar-refractivity contribution in [3.8, 4) is 0 Å². The molecule has 6 nitrogen and oxygen atoms in total. The summed E-state index contributed by atoms with van der Waals surface area (Å²) in [5.74, 6) is -0.922. The summed E-state index contributed by atoms with van der Waals surface area (Å²) in [6, 6.07) is 10.7. The zero-order valence-electron chi connectivity index (χ0n) is 10.7. The van der Waals surface area contributed by atoms with Crippen molar-refractivity contribution in [2.24, 2.45) is 0 Å². The number of aromatic carboxylic acids is 1. The number of hydrogen-bond donors (Lipinski definition) is 3. The maximum absolute atomic E-state index is 11.1. The quantitative estimate of drug-likeness (QED) is 0.731. The number of aromatic nitrogens is 2. The lowest BCUT2D eigenvalue weighted by Gasteiger charge is -2.17. The standard InChI is InChI=1S/C14H15N3O3/c18-9-11(8-10-4-2-1-3-5-10)16-13-12(14(19)20)6-7-15-17-13/h1-7,11,18H,8-9H2,(H,16,17)(H,19,20). The van der Waals surface area contributed by atoms with Crippen LogP contribution in [0.25, 0.3) is 0 Å². The Morgan fingerprint density at radius 1 is 1.25 bits per heavy atom. The maximum atomic E-state index is 11.1. The Morgan fingerprint density at radius 3 is 2.65 bits per heavy atom. The van der Waals surface area contributed by atoms with Gasteiger partial charge in [0.05, 0.1) is 18.8 Å². The van der Waals surface area contributed by atoms with E-state index in [1.165, 1.54) is 12.3 Å². The van der Waals surface area contributed by atoms with Crippen LogP contribution < -0.4 is 5.32 Å². The molecule has 1 heterocycles. The maximum Gasteiger partial charge on any atom is 0.339 e. The first kappa shape index (κ1) is 14.0. The predicted octanol–water partition coefficient (Wildman–Crippen LogP) is 1.19.